The van der Waals surface area contributed by atoms with Gasteiger partial charge in [-0.2, -0.15) is 0 Å². The van der Waals surface area contributed by atoms with Gasteiger partial charge < -0.3 is 14.7 Å². The molecule has 0 saturated carbocycles. The number of anilines is 1. The van der Waals surface area contributed by atoms with Crippen molar-refractivity contribution in [3.8, 4) is 0 Å². The highest BCUT2D eigenvalue weighted by Gasteiger charge is 2.11. The molecule has 86 valence electrons. The van der Waals surface area contributed by atoms with Gasteiger partial charge in [0.1, 0.15) is 0 Å². The van der Waals surface area contributed by atoms with Crippen LogP contribution >= 0.6 is 0 Å². The molecule has 1 N–H and O–H groups in total. The number of benzene rings is 1. The van der Waals surface area contributed by atoms with Gasteiger partial charge in [-0.1, -0.05) is 6.07 Å². The Hall–Kier alpha value is -1.55. The SMILES string of the molecule is O=C(O)c1cccc(N2CCCOCC2)c1. The molecule has 1 fully saturated rings. The molecule has 2 rings (SSSR count). The first-order valence-electron chi connectivity index (χ1n) is 5.43. The normalized spacial score (nSPS) is 16.9. The van der Waals surface area contributed by atoms with Crippen LogP contribution in [-0.2, 0) is 4.74 Å². The summed E-state index contributed by atoms with van der Waals surface area (Å²) in [5.41, 5.74) is 1.30. The first-order chi connectivity index (χ1) is 7.77. The van der Waals surface area contributed by atoms with Gasteiger partial charge in [0.15, 0.2) is 0 Å². The van der Waals surface area contributed by atoms with Crippen LogP contribution in [0.25, 0.3) is 0 Å². The van der Waals surface area contributed by atoms with Crippen molar-refractivity contribution in [2.24, 2.45) is 0 Å². The lowest BCUT2D eigenvalue weighted by atomic mass is 10.2. The zero-order valence-corrected chi connectivity index (χ0v) is 9.06. The highest BCUT2D eigenvalue weighted by molar-refractivity contribution is 5.88. The highest BCUT2D eigenvalue weighted by atomic mass is 16.5. The molecule has 0 aromatic heterocycles. The molecule has 0 spiro atoms. The third-order valence-electron chi connectivity index (χ3n) is 2.68. The van der Waals surface area contributed by atoms with Crippen LogP contribution in [0.2, 0.25) is 0 Å². The van der Waals surface area contributed by atoms with E-state index >= 15 is 0 Å². The number of carbonyl (C=O) groups is 1. The third-order valence-corrected chi connectivity index (χ3v) is 2.68. The van der Waals surface area contributed by atoms with E-state index in [4.69, 9.17) is 9.84 Å². The standard InChI is InChI=1S/C12H15NO3/c14-12(15)10-3-1-4-11(9-10)13-5-2-7-16-8-6-13/h1,3-4,9H,2,5-8H2,(H,14,15). The van der Waals surface area contributed by atoms with Gasteiger partial charge in [-0.3, -0.25) is 0 Å². The summed E-state index contributed by atoms with van der Waals surface area (Å²) in [5.74, 6) is -0.882. The molecule has 0 unspecified atom stereocenters. The molecule has 0 bridgehead atoms. The second-order valence-corrected chi connectivity index (χ2v) is 3.81. The summed E-state index contributed by atoms with van der Waals surface area (Å²) in [7, 11) is 0. The van der Waals surface area contributed by atoms with Crippen molar-refractivity contribution in [1.82, 2.24) is 0 Å². The van der Waals surface area contributed by atoms with Crippen LogP contribution in [0, 0.1) is 0 Å². The number of hydrogen-bond acceptors (Lipinski definition) is 3. The summed E-state index contributed by atoms with van der Waals surface area (Å²) in [4.78, 5) is 13.0. The van der Waals surface area contributed by atoms with Crippen LogP contribution in [0.15, 0.2) is 24.3 Å². The van der Waals surface area contributed by atoms with Crippen molar-refractivity contribution < 1.29 is 14.6 Å². The molecule has 4 heteroatoms. The number of ether oxygens (including phenoxy) is 1. The summed E-state index contributed by atoms with van der Waals surface area (Å²) in [5, 5.41) is 8.92. The smallest absolute Gasteiger partial charge is 0.335 e. The van der Waals surface area contributed by atoms with Crippen molar-refractivity contribution in [2.75, 3.05) is 31.2 Å². The summed E-state index contributed by atoms with van der Waals surface area (Å²) < 4.78 is 5.37. The van der Waals surface area contributed by atoms with E-state index < -0.39 is 5.97 Å². The van der Waals surface area contributed by atoms with E-state index in [1.54, 1.807) is 18.2 Å². The molecule has 1 aromatic rings. The third kappa shape index (κ3) is 2.52. The van der Waals surface area contributed by atoms with E-state index in [9.17, 15) is 4.79 Å². The van der Waals surface area contributed by atoms with E-state index in [0.717, 1.165) is 31.8 Å². The second-order valence-electron chi connectivity index (χ2n) is 3.81. The van der Waals surface area contributed by atoms with E-state index in [1.807, 2.05) is 6.07 Å². The van der Waals surface area contributed by atoms with Gasteiger partial charge in [-0.25, -0.2) is 4.79 Å². The van der Waals surface area contributed by atoms with Crippen molar-refractivity contribution in [2.45, 2.75) is 6.42 Å². The summed E-state index contributed by atoms with van der Waals surface area (Å²) in [6.07, 6.45) is 0.983. The monoisotopic (exact) mass is 221 g/mol. The van der Waals surface area contributed by atoms with Crippen molar-refractivity contribution >= 4 is 11.7 Å². The number of carboxylic acid groups (broad SMARTS) is 1. The Morgan fingerprint density at radius 3 is 3.00 bits per heavy atom. The molecule has 1 heterocycles. The Morgan fingerprint density at radius 2 is 2.19 bits per heavy atom. The molecule has 1 aliphatic heterocycles. The summed E-state index contributed by atoms with van der Waals surface area (Å²) >= 11 is 0. The average Bonchev–Trinajstić information content (AvgIpc) is 2.57. The number of rotatable bonds is 2. The van der Waals surface area contributed by atoms with Crippen LogP contribution in [0.1, 0.15) is 16.8 Å². The van der Waals surface area contributed by atoms with Gasteiger partial charge in [0.2, 0.25) is 0 Å². The lowest BCUT2D eigenvalue weighted by molar-refractivity contribution is 0.0697. The zero-order chi connectivity index (χ0) is 11.4. The predicted molar refractivity (Wildman–Crippen MR) is 61.1 cm³/mol. The lowest BCUT2D eigenvalue weighted by Crippen LogP contribution is -2.25. The minimum atomic E-state index is -0.882. The molecule has 1 aliphatic rings. The number of hydrogen-bond donors (Lipinski definition) is 1. The first kappa shape index (κ1) is 11.0. The van der Waals surface area contributed by atoms with Gasteiger partial charge in [-0.15, -0.1) is 0 Å². The molecule has 0 amide bonds. The number of carboxylic acids is 1. The average molecular weight is 221 g/mol. The minimum absolute atomic E-state index is 0.336. The molecule has 0 aliphatic carbocycles. The van der Waals surface area contributed by atoms with E-state index in [1.165, 1.54) is 0 Å². The van der Waals surface area contributed by atoms with Gasteiger partial charge >= 0.3 is 5.97 Å². The summed E-state index contributed by atoms with van der Waals surface area (Å²) in [6.45, 7) is 3.23. The van der Waals surface area contributed by atoms with Crippen molar-refractivity contribution in [1.29, 1.82) is 0 Å². The Morgan fingerprint density at radius 1 is 1.31 bits per heavy atom. The Kier molecular flexibility index (Phi) is 3.41. The predicted octanol–water partition coefficient (Wildman–Crippen LogP) is 1.61. The summed E-state index contributed by atoms with van der Waals surface area (Å²) in [6, 6.07) is 7.05. The van der Waals surface area contributed by atoms with Crippen LogP contribution in [0.5, 0.6) is 0 Å². The Bertz CT molecular complexity index is 370. The second kappa shape index (κ2) is 4.99. The van der Waals surface area contributed by atoms with Crippen LogP contribution < -0.4 is 4.90 Å². The maximum absolute atomic E-state index is 10.9. The lowest BCUT2D eigenvalue weighted by Gasteiger charge is -2.22. The molecule has 0 radical (unpaired) electrons. The van der Waals surface area contributed by atoms with Gasteiger partial charge in [0, 0.05) is 25.4 Å². The van der Waals surface area contributed by atoms with E-state index in [-0.39, 0.29) is 0 Å². The molecule has 16 heavy (non-hydrogen) atoms. The first-order valence-corrected chi connectivity index (χ1v) is 5.43. The number of nitrogens with zero attached hydrogens (tertiary/aromatic N) is 1. The van der Waals surface area contributed by atoms with Gasteiger partial charge in [0.25, 0.3) is 0 Å². The zero-order valence-electron chi connectivity index (χ0n) is 9.06. The molecule has 1 aromatic carbocycles. The van der Waals surface area contributed by atoms with Crippen LogP contribution in [0.4, 0.5) is 5.69 Å². The quantitative estimate of drug-likeness (QED) is 0.824. The topological polar surface area (TPSA) is 49.8 Å². The Labute approximate surface area is 94.4 Å². The largest absolute Gasteiger partial charge is 0.478 e. The van der Waals surface area contributed by atoms with E-state index in [0.29, 0.717) is 12.2 Å². The van der Waals surface area contributed by atoms with Gasteiger partial charge in [0.05, 0.1) is 12.2 Å². The number of aromatic carboxylic acids is 1. The van der Waals surface area contributed by atoms with Crippen molar-refractivity contribution in [3.05, 3.63) is 29.8 Å². The fourth-order valence-corrected chi connectivity index (χ4v) is 1.84. The molecule has 1 saturated heterocycles. The Balaban J connectivity index is 2.18. The maximum Gasteiger partial charge on any atom is 0.335 e. The fraction of sp³-hybridized carbons (Fsp3) is 0.417. The fourth-order valence-electron chi connectivity index (χ4n) is 1.84. The molecular formula is C12H15NO3. The molecule has 0 atom stereocenters. The highest BCUT2D eigenvalue weighted by Crippen LogP contribution is 2.17. The minimum Gasteiger partial charge on any atom is -0.478 e. The van der Waals surface area contributed by atoms with Crippen LogP contribution in [-0.4, -0.2) is 37.4 Å². The van der Waals surface area contributed by atoms with Gasteiger partial charge in [-0.05, 0) is 24.6 Å². The molecular weight excluding hydrogens is 206 g/mol. The molecule has 4 nitrogen and oxygen atoms in total. The van der Waals surface area contributed by atoms with Crippen LogP contribution in [0.3, 0.4) is 0 Å². The van der Waals surface area contributed by atoms with Crippen molar-refractivity contribution in [3.63, 3.8) is 0 Å². The maximum atomic E-state index is 10.9. The van der Waals surface area contributed by atoms with E-state index in [2.05, 4.69) is 4.90 Å².